The van der Waals surface area contributed by atoms with Crippen molar-refractivity contribution in [2.24, 2.45) is 0 Å². The van der Waals surface area contributed by atoms with Crippen molar-refractivity contribution < 1.29 is 4.52 Å². The van der Waals surface area contributed by atoms with E-state index in [0.29, 0.717) is 17.5 Å². The summed E-state index contributed by atoms with van der Waals surface area (Å²) in [5.41, 5.74) is 8.44. The number of nitrogens with zero attached hydrogens (tertiary/aromatic N) is 3. The molecule has 5 nitrogen and oxygen atoms in total. The lowest BCUT2D eigenvalue weighted by Gasteiger charge is -2.03. The first-order chi connectivity index (χ1) is 8.63. The second kappa shape index (κ2) is 4.03. The van der Waals surface area contributed by atoms with Crippen LogP contribution in [0.25, 0.3) is 11.0 Å². The van der Waals surface area contributed by atoms with Gasteiger partial charge in [-0.2, -0.15) is 0 Å². The monoisotopic (exact) mass is 262 g/mol. The van der Waals surface area contributed by atoms with Crippen LogP contribution in [0.5, 0.6) is 0 Å². The molecule has 0 radical (unpaired) electrons. The van der Waals surface area contributed by atoms with Crippen LogP contribution in [0, 0.1) is 6.92 Å². The number of fused-ring (bicyclic) bond motifs is 1. The number of aromatic nitrogens is 3. The summed E-state index contributed by atoms with van der Waals surface area (Å²) in [5.74, 6) is 1.17. The lowest BCUT2D eigenvalue weighted by molar-refractivity contribution is 0.374. The maximum absolute atomic E-state index is 5.99. The van der Waals surface area contributed by atoms with Crippen LogP contribution in [0.2, 0.25) is 5.02 Å². The van der Waals surface area contributed by atoms with Gasteiger partial charge < -0.3 is 14.8 Å². The third-order valence-corrected chi connectivity index (χ3v) is 2.97. The van der Waals surface area contributed by atoms with Crippen LogP contribution in [0.15, 0.2) is 28.8 Å². The average molecular weight is 263 g/mol. The van der Waals surface area contributed by atoms with E-state index in [1.54, 1.807) is 6.07 Å². The highest BCUT2D eigenvalue weighted by molar-refractivity contribution is 6.31. The van der Waals surface area contributed by atoms with Crippen LogP contribution < -0.4 is 5.73 Å². The fourth-order valence-electron chi connectivity index (χ4n) is 1.93. The standard InChI is InChI=1S/C12H11ClN4O/c1-7-4-9(18-16-7)6-17-11-5-8(13)2-3-10(11)15-12(17)14/h2-5H,6H2,1H3,(H2,14,15). The minimum Gasteiger partial charge on any atom is -0.369 e. The number of halogens is 1. The van der Waals surface area contributed by atoms with Gasteiger partial charge in [-0.25, -0.2) is 4.98 Å². The number of anilines is 1. The summed E-state index contributed by atoms with van der Waals surface area (Å²) in [6, 6.07) is 7.34. The lowest BCUT2D eigenvalue weighted by Crippen LogP contribution is -2.03. The average Bonchev–Trinajstić information content (AvgIpc) is 2.86. The van der Waals surface area contributed by atoms with Crippen molar-refractivity contribution in [2.75, 3.05) is 5.73 Å². The Morgan fingerprint density at radius 1 is 1.39 bits per heavy atom. The Balaban J connectivity index is 2.10. The third kappa shape index (κ3) is 1.82. The summed E-state index contributed by atoms with van der Waals surface area (Å²) in [6.07, 6.45) is 0. The van der Waals surface area contributed by atoms with Crippen LogP contribution in [0.1, 0.15) is 11.5 Å². The SMILES string of the molecule is Cc1cc(Cn2c(N)nc3ccc(Cl)cc32)on1. The van der Waals surface area contributed by atoms with Gasteiger partial charge in [0.2, 0.25) is 5.95 Å². The fourth-order valence-corrected chi connectivity index (χ4v) is 2.09. The van der Waals surface area contributed by atoms with E-state index in [4.69, 9.17) is 21.9 Å². The highest BCUT2D eigenvalue weighted by atomic mass is 35.5. The maximum atomic E-state index is 5.99. The van der Waals surface area contributed by atoms with E-state index in [1.807, 2.05) is 29.7 Å². The molecule has 0 aliphatic heterocycles. The van der Waals surface area contributed by atoms with Gasteiger partial charge in [-0.3, -0.25) is 0 Å². The van der Waals surface area contributed by atoms with Crippen molar-refractivity contribution in [2.45, 2.75) is 13.5 Å². The minimum absolute atomic E-state index is 0.432. The zero-order valence-corrected chi connectivity index (χ0v) is 10.5. The van der Waals surface area contributed by atoms with Crippen molar-refractivity contribution in [3.63, 3.8) is 0 Å². The molecule has 0 spiro atoms. The minimum atomic E-state index is 0.432. The Hall–Kier alpha value is -2.01. The van der Waals surface area contributed by atoms with E-state index in [2.05, 4.69) is 10.1 Å². The topological polar surface area (TPSA) is 69.9 Å². The Kier molecular flexibility index (Phi) is 2.48. The summed E-state index contributed by atoms with van der Waals surface area (Å²) in [7, 11) is 0. The number of rotatable bonds is 2. The van der Waals surface area contributed by atoms with Crippen molar-refractivity contribution in [3.05, 3.63) is 40.7 Å². The molecule has 0 bridgehead atoms. The number of benzene rings is 1. The number of aryl methyl sites for hydroxylation is 1. The van der Waals surface area contributed by atoms with Gasteiger partial charge in [0, 0.05) is 11.1 Å². The summed E-state index contributed by atoms with van der Waals surface area (Å²) in [6.45, 7) is 2.36. The molecule has 3 aromatic rings. The van der Waals surface area contributed by atoms with Crippen LogP contribution in [-0.2, 0) is 6.54 Å². The first-order valence-electron chi connectivity index (χ1n) is 5.47. The number of hydrogen-bond donors (Lipinski definition) is 1. The zero-order valence-electron chi connectivity index (χ0n) is 9.72. The van der Waals surface area contributed by atoms with Gasteiger partial charge in [0.25, 0.3) is 0 Å². The smallest absolute Gasteiger partial charge is 0.201 e. The first-order valence-corrected chi connectivity index (χ1v) is 5.85. The Bertz CT molecular complexity index is 716. The molecule has 0 fully saturated rings. The van der Waals surface area contributed by atoms with E-state index in [0.717, 1.165) is 22.5 Å². The quantitative estimate of drug-likeness (QED) is 0.771. The van der Waals surface area contributed by atoms with Gasteiger partial charge in [0.05, 0.1) is 23.3 Å². The number of nitrogens with two attached hydrogens (primary N) is 1. The summed E-state index contributed by atoms with van der Waals surface area (Å²) in [4.78, 5) is 4.28. The molecule has 92 valence electrons. The molecule has 3 rings (SSSR count). The van der Waals surface area contributed by atoms with Gasteiger partial charge >= 0.3 is 0 Å². The molecule has 2 N–H and O–H groups in total. The second-order valence-electron chi connectivity index (χ2n) is 4.12. The van der Waals surface area contributed by atoms with Gasteiger partial charge in [-0.1, -0.05) is 16.8 Å². The van der Waals surface area contributed by atoms with Crippen LogP contribution in [0.4, 0.5) is 5.95 Å². The molecule has 0 atom stereocenters. The van der Waals surface area contributed by atoms with E-state index < -0.39 is 0 Å². The van der Waals surface area contributed by atoms with E-state index in [1.165, 1.54) is 0 Å². The molecule has 0 unspecified atom stereocenters. The largest absolute Gasteiger partial charge is 0.369 e. The zero-order chi connectivity index (χ0) is 12.7. The normalized spacial score (nSPS) is 11.2. The van der Waals surface area contributed by atoms with E-state index in [-0.39, 0.29) is 0 Å². The molecule has 0 amide bonds. The van der Waals surface area contributed by atoms with E-state index in [9.17, 15) is 0 Å². The molecule has 0 saturated heterocycles. The molecule has 6 heteroatoms. The molecule has 0 saturated carbocycles. The third-order valence-electron chi connectivity index (χ3n) is 2.73. The molecular formula is C12H11ClN4O. The molecule has 2 heterocycles. The predicted molar refractivity (Wildman–Crippen MR) is 69.5 cm³/mol. The van der Waals surface area contributed by atoms with Crippen molar-refractivity contribution in [1.82, 2.24) is 14.7 Å². The fraction of sp³-hybridized carbons (Fsp3) is 0.167. The van der Waals surface area contributed by atoms with E-state index >= 15 is 0 Å². The number of imidazole rings is 1. The Labute approximate surface area is 108 Å². The Morgan fingerprint density at radius 2 is 2.22 bits per heavy atom. The maximum Gasteiger partial charge on any atom is 0.201 e. The molecule has 18 heavy (non-hydrogen) atoms. The number of hydrogen-bond acceptors (Lipinski definition) is 4. The molecular weight excluding hydrogens is 252 g/mol. The van der Waals surface area contributed by atoms with Crippen molar-refractivity contribution in [3.8, 4) is 0 Å². The van der Waals surface area contributed by atoms with Gasteiger partial charge in [0.1, 0.15) is 0 Å². The van der Waals surface area contributed by atoms with Crippen LogP contribution in [-0.4, -0.2) is 14.7 Å². The van der Waals surface area contributed by atoms with Crippen molar-refractivity contribution >= 4 is 28.6 Å². The highest BCUT2D eigenvalue weighted by Crippen LogP contribution is 2.23. The van der Waals surface area contributed by atoms with Gasteiger partial charge in [0.15, 0.2) is 5.76 Å². The summed E-state index contributed by atoms with van der Waals surface area (Å²) < 4.78 is 7.03. The summed E-state index contributed by atoms with van der Waals surface area (Å²) in [5, 5.41) is 4.50. The predicted octanol–water partition coefficient (Wildman–Crippen LogP) is 2.62. The second-order valence-corrected chi connectivity index (χ2v) is 4.56. The molecule has 1 aromatic carbocycles. The molecule has 0 aliphatic rings. The van der Waals surface area contributed by atoms with Gasteiger partial charge in [-0.05, 0) is 25.1 Å². The molecule has 2 aromatic heterocycles. The number of nitrogen functional groups attached to an aromatic ring is 1. The first kappa shape index (κ1) is 11.1. The lowest BCUT2D eigenvalue weighted by atomic mass is 10.3. The van der Waals surface area contributed by atoms with Gasteiger partial charge in [-0.15, -0.1) is 0 Å². The van der Waals surface area contributed by atoms with Crippen molar-refractivity contribution in [1.29, 1.82) is 0 Å². The van der Waals surface area contributed by atoms with Crippen LogP contribution >= 0.6 is 11.6 Å². The highest BCUT2D eigenvalue weighted by Gasteiger charge is 2.11. The van der Waals surface area contributed by atoms with Crippen LogP contribution in [0.3, 0.4) is 0 Å². The molecule has 0 aliphatic carbocycles. The summed E-state index contributed by atoms with van der Waals surface area (Å²) >= 11 is 5.99. The Morgan fingerprint density at radius 3 is 2.94 bits per heavy atom.